The Morgan fingerprint density at radius 2 is 2.10 bits per heavy atom. The van der Waals surface area contributed by atoms with Crippen molar-refractivity contribution in [3.8, 4) is 11.4 Å². The predicted molar refractivity (Wildman–Crippen MR) is 81.2 cm³/mol. The molecule has 3 aromatic rings. The number of benzene rings is 1. The van der Waals surface area contributed by atoms with Crippen molar-refractivity contribution in [1.29, 1.82) is 0 Å². The smallest absolute Gasteiger partial charge is 0.199 e. The van der Waals surface area contributed by atoms with E-state index in [0.29, 0.717) is 10.8 Å². The van der Waals surface area contributed by atoms with E-state index >= 15 is 0 Å². The molecule has 0 atom stereocenters. The Morgan fingerprint density at radius 1 is 1.30 bits per heavy atom. The van der Waals surface area contributed by atoms with Crippen LogP contribution in [0.3, 0.4) is 0 Å². The molecule has 0 aliphatic rings. The number of aromatic amines is 1. The zero-order valence-corrected chi connectivity index (χ0v) is 12.4. The Bertz CT molecular complexity index is 812. The molecule has 2 heterocycles. The third-order valence-corrected chi connectivity index (χ3v) is 3.69. The van der Waals surface area contributed by atoms with Crippen molar-refractivity contribution in [3.05, 3.63) is 35.5 Å². The number of H-pyrrole nitrogens is 1. The first-order chi connectivity index (χ1) is 9.63. The molecule has 0 aliphatic carbocycles. The number of ether oxygens (including phenoxy) is 1. The molecular weight excluding hydrogens is 272 g/mol. The predicted octanol–water partition coefficient (Wildman–Crippen LogP) is 3.47. The number of rotatable bonds is 3. The van der Waals surface area contributed by atoms with Gasteiger partial charge < -0.3 is 9.30 Å². The summed E-state index contributed by atoms with van der Waals surface area (Å²) in [6.45, 7) is 4.30. The molecule has 0 spiro atoms. The van der Waals surface area contributed by atoms with Crippen LogP contribution in [0.25, 0.3) is 16.6 Å². The highest BCUT2D eigenvalue weighted by Crippen LogP contribution is 2.33. The summed E-state index contributed by atoms with van der Waals surface area (Å²) in [5, 5.41) is 7.86. The Hall–Kier alpha value is -2.08. The summed E-state index contributed by atoms with van der Waals surface area (Å²) in [6.07, 6.45) is 3.77. The second kappa shape index (κ2) is 4.79. The molecule has 0 saturated carbocycles. The monoisotopic (exact) mass is 288 g/mol. The van der Waals surface area contributed by atoms with Crippen molar-refractivity contribution < 1.29 is 4.74 Å². The van der Waals surface area contributed by atoms with Crippen LogP contribution in [0.4, 0.5) is 0 Å². The maximum Gasteiger partial charge on any atom is 0.199 e. The molecule has 3 rings (SSSR count). The minimum Gasteiger partial charge on any atom is -0.495 e. The lowest BCUT2D eigenvalue weighted by molar-refractivity contribution is 0.416. The first-order valence-electron chi connectivity index (χ1n) is 6.43. The highest BCUT2D eigenvalue weighted by molar-refractivity contribution is 7.71. The van der Waals surface area contributed by atoms with Gasteiger partial charge in [-0.25, -0.2) is 0 Å². The Kier molecular flexibility index (Phi) is 3.10. The van der Waals surface area contributed by atoms with Crippen LogP contribution < -0.4 is 4.74 Å². The maximum absolute atomic E-state index is 5.50. The van der Waals surface area contributed by atoms with E-state index in [9.17, 15) is 0 Å². The van der Waals surface area contributed by atoms with Gasteiger partial charge in [0.05, 0.1) is 18.3 Å². The molecule has 1 N–H and O–H groups in total. The van der Waals surface area contributed by atoms with Crippen LogP contribution in [0, 0.1) is 4.77 Å². The standard InChI is InChI=1S/C14H16N4OS/c1-9(2)17-7-6-10-11(18-8-15-16-14(18)20)4-5-12(19-3)13(10)17/h4-9H,1-3H3,(H,16,20). The topological polar surface area (TPSA) is 47.8 Å². The van der Waals surface area contributed by atoms with Gasteiger partial charge in [-0.15, -0.1) is 0 Å². The Morgan fingerprint density at radius 3 is 2.70 bits per heavy atom. The minimum absolute atomic E-state index is 0.356. The second-order valence-electron chi connectivity index (χ2n) is 4.90. The molecule has 0 aliphatic heterocycles. The summed E-state index contributed by atoms with van der Waals surface area (Å²) in [5.41, 5.74) is 2.07. The summed E-state index contributed by atoms with van der Waals surface area (Å²) < 4.78 is 10.1. The van der Waals surface area contributed by atoms with Crippen LogP contribution in [0.2, 0.25) is 0 Å². The fraction of sp³-hybridized carbons (Fsp3) is 0.286. The van der Waals surface area contributed by atoms with Gasteiger partial charge in [-0.3, -0.25) is 9.67 Å². The number of methoxy groups -OCH3 is 1. The van der Waals surface area contributed by atoms with Crippen molar-refractivity contribution in [2.24, 2.45) is 0 Å². The van der Waals surface area contributed by atoms with E-state index in [0.717, 1.165) is 22.3 Å². The summed E-state index contributed by atoms with van der Waals surface area (Å²) in [4.78, 5) is 0. The number of fused-ring (bicyclic) bond motifs is 1. The van der Waals surface area contributed by atoms with Gasteiger partial charge in [-0.1, -0.05) is 0 Å². The van der Waals surface area contributed by atoms with Crippen LogP contribution in [0.15, 0.2) is 30.7 Å². The van der Waals surface area contributed by atoms with Gasteiger partial charge in [0.2, 0.25) is 0 Å². The number of aromatic nitrogens is 4. The molecule has 2 aromatic heterocycles. The molecule has 104 valence electrons. The van der Waals surface area contributed by atoms with Gasteiger partial charge in [0.15, 0.2) is 4.77 Å². The molecule has 0 bridgehead atoms. The van der Waals surface area contributed by atoms with Gasteiger partial charge in [0.1, 0.15) is 12.1 Å². The van der Waals surface area contributed by atoms with E-state index in [1.54, 1.807) is 13.4 Å². The van der Waals surface area contributed by atoms with Gasteiger partial charge in [-0.05, 0) is 44.3 Å². The van der Waals surface area contributed by atoms with E-state index in [-0.39, 0.29) is 0 Å². The lowest BCUT2D eigenvalue weighted by atomic mass is 10.2. The number of hydrogen-bond acceptors (Lipinski definition) is 3. The fourth-order valence-corrected chi connectivity index (χ4v) is 2.66. The van der Waals surface area contributed by atoms with Crippen LogP contribution in [0.1, 0.15) is 19.9 Å². The van der Waals surface area contributed by atoms with Crippen molar-refractivity contribution in [2.45, 2.75) is 19.9 Å². The zero-order valence-electron chi connectivity index (χ0n) is 11.6. The molecule has 0 amide bonds. The maximum atomic E-state index is 5.50. The first-order valence-corrected chi connectivity index (χ1v) is 6.84. The molecule has 20 heavy (non-hydrogen) atoms. The second-order valence-corrected chi connectivity index (χ2v) is 5.28. The van der Waals surface area contributed by atoms with Crippen LogP contribution in [-0.4, -0.2) is 26.4 Å². The number of nitrogens with zero attached hydrogens (tertiary/aromatic N) is 3. The summed E-state index contributed by atoms with van der Waals surface area (Å²) in [5.74, 6) is 0.859. The molecule has 0 radical (unpaired) electrons. The lowest BCUT2D eigenvalue weighted by Gasteiger charge is -2.14. The van der Waals surface area contributed by atoms with E-state index in [1.807, 2.05) is 16.7 Å². The quantitative estimate of drug-likeness (QED) is 0.751. The molecule has 5 nitrogen and oxygen atoms in total. The number of hydrogen-bond donors (Lipinski definition) is 1. The molecule has 0 unspecified atom stereocenters. The Balaban J connectivity index is 2.37. The van der Waals surface area contributed by atoms with Crippen LogP contribution in [0.5, 0.6) is 5.75 Å². The molecular formula is C14H16N4OS. The van der Waals surface area contributed by atoms with Crippen LogP contribution >= 0.6 is 12.2 Å². The van der Waals surface area contributed by atoms with Crippen molar-refractivity contribution in [3.63, 3.8) is 0 Å². The van der Waals surface area contributed by atoms with Crippen molar-refractivity contribution in [1.82, 2.24) is 19.3 Å². The molecule has 0 saturated heterocycles. The first kappa shape index (κ1) is 12.9. The van der Waals surface area contributed by atoms with E-state index in [1.165, 1.54) is 0 Å². The van der Waals surface area contributed by atoms with E-state index < -0.39 is 0 Å². The molecule has 0 fully saturated rings. The van der Waals surface area contributed by atoms with Gasteiger partial charge in [0, 0.05) is 17.6 Å². The fourth-order valence-electron chi connectivity index (χ4n) is 2.46. The third-order valence-electron chi connectivity index (χ3n) is 3.41. The van der Waals surface area contributed by atoms with Crippen molar-refractivity contribution >= 4 is 23.1 Å². The summed E-state index contributed by atoms with van der Waals surface area (Å²) in [7, 11) is 1.69. The van der Waals surface area contributed by atoms with Gasteiger partial charge in [-0.2, -0.15) is 5.10 Å². The normalized spacial score (nSPS) is 11.4. The van der Waals surface area contributed by atoms with Crippen LogP contribution in [-0.2, 0) is 0 Å². The average molecular weight is 288 g/mol. The molecule has 1 aromatic carbocycles. The molecule has 6 heteroatoms. The summed E-state index contributed by atoms with van der Waals surface area (Å²) in [6, 6.07) is 6.40. The van der Waals surface area contributed by atoms with Gasteiger partial charge >= 0.3 is 0 Å². The van der Waals surface area contributed by atoms with E-state index in [4.69, 9.17) is 17.0 Å². The van der Waals surface area contributed by atoms with Gasteiger partial charge in [0.25, 0.3) is 0 Å². The minimum atomic E-state index is 0.356. The average Bonchev–Trinajstić information content (AvgIpc) is 3.04. The summed E-state index contributed by atoms with van der Waals surface area (Å²) >= 11 is 5.26. The van der Waals surface area contributed by atoms with E-state index in [2.05, 4.69) is 40.9 Å². The number of nitrogens with one attached hydrogen (secondary N) is 1. The Labute approximate surface area is 121 Å². The largest absolute Gasteiger partial charge is 0.495 e. The SMILES string of the molecule is COc1ccc(-n2cn[nH]c2=S)c2ccn(C(C)C)c12. The lowest BCUT2D eigenvalue weighted by Crippen LogP contribution is -2.01. The highest BCUT2D eigenvalue weighted by atomic mass is 32.1. The highest BCUT2D eigenvalue weighted by Gasteiger charge is 2.14. The zero-order chi connectivity index (χ0) is 14.3. The van der Waals surface area contributed by atoms with Crippen molar-refractivity contribution in [2.75, 3.05) is 7.11 Å². The third kappa shape index (κ3) is 1.84.